The van der Waals surface area contributed by atoms with Crippen LogP contribution in [0.1, 0.15) is 18.4 Å². The van der Waals surface area contributed by atoms with Gasteiger partial charge in [0.1, 0.15) is 5.75 Å². The van der Waals surface area contributed by atoms with E-state index >= 15 is 0 Å². The molecule has 0 saturated carbocycles. The Balaban J connectivity index is 2.34. The molecule has 4 heteroatoms. The number of hydrogen-bond donors (Lipinski definition) is 1. The zero-order valence-corrected chi connectivity index (χ0v) is 9.77. The molecule has 0 heterocycles. The van der Waals surface area contributed by atoms with Crippen LogP contribution in [0.25, 0.3) is 0 Å². The zero-order valence-electron chi connectivity index (χ0n) is 9.77. The first-order chi connectivity index (χ1) is 7.63. The SMILES string of the molecule is COc1ccc(CCCC(=O)N(C)N)cc1. The van der Waals surface area contributed by atoms with Gasteiger partial charge in [-0.1, -0.05) is 12.1 Å². The number of aryl methyl sites for hydroxylation is 1. The smallest absolute Gasteiger partial charge is 0.236 e. The number of nitrogens with zero attached hydrogens (tertiary/aromatic N) is 1. The second-order valence-corrected chi connectivity index (χ2v) is 3.71. The Labute approximate surface area is 96.0 Å². The Bertz CT molecular complexity index is 333. The summed E-state index contributed by atoms with van der Waals surface area (Å²) in [6, 6.07) is 7.86. The van der Waals surface area contributed by atoms with Gasteiger partial charge < -0.3 is 4.74 Å². The lowest BCUT2D eigenvalue weighted by molar-refractivity contribution is -0.130. The van der Waals surface area contributed by atoms with E-state index in [1.807, 2.05) is 24.3 Å². The minimum absolute atomic E-state index is 0.0338. The summed E-state index contributed by atoms with van der Waals surface area (Å²) in [5.41, 5.74) is 1.20. The minimum Gasteiger partial charge on any atom is -0.497 e. The third kappa shape index (κ3) is 3.90. The molecule has 88 valence electrons. The molecule has 4 nitrogen and oxygen atoms in total. The van der Waals surface area contributed by atoms with Gasteiger partial charge in [0.05, 0.1) is 7.11 Å². The average Bonchev–Trinajstić information content (AvgIpc) is 2.29. The Morgan fingerprint density at radius 3 is 2.50 bits per heavy atom. The van der Waals surface area contributed by atoms with E-state index < -0.39 is 0 Å². The highest BCUT2D eigenvalue weighted by Gasteiger charge is 2.03. The summed E-state index contributed by atoms with van der Waals surface area (Å²) in [6.45, 7) is 0. The van der Waals surface area contributed by atoms with E-state index in [0.29, 0.717) is 6.42 Å². The van der Waals surface area contributed by atoms with Crippen LogP contribution in [0.4, 0.5) is 0 Å². The number of benzene rings is 1. The van der Waals surface area contributed by atoms with Crippen LogP contribution in [-0.4, -0.2) is 25.1 Å². The van der Waals surface area contributed by atoms with Crippen LogP contribution >= 0.6 is 0 Å². The summed E-state index contributed by atoms with van der Waals surface area (Å²) in [7, 11) is 3.21. The van der Waals surface area contributed by atoms with Gasteiger partial charge in [-0.25, -0.2) is 5.84 Å². The van der Waals surface area contributed by atoms with Crippen molar-refractivity contribution in [3.63, 3.8) is 0 Å². The van der Waals surface area contributed by atoms with Crippen molar-refractivity contribution in [1.82, 2.24) is 5.01 Å². The third-order valence-electron chi connectivity index (χ3n) is 2.41. The maximum Gasteiger partial charge on any atom is 0.236 e. The van der Waals surface area contributed by atoms with Gasteiger partial charge in [0.25, 0.3) is 0 Å². The average molecular weight is 222 g/mol. The first kappa shape index (κ1) is 12.5. The fraction of sp³-hybridized carbons (Fsp3) is 0.417. The molecule has 0 aromatic heterocycles. The molecule has 0 unspecified atom stereocenters. The zero-order chi connectivity index (χ0) is 12.0. The van der Waals surface area contributed by atoms with Crippen LogP contribution < -0.4 is 10.6 Å². The predicted molar refractivity (Wildman–Crippen MR) is 62.9 cm³/mol. The number of carbonyl (C=O) groups excluding carboxylic acids is 1. The largest absolute Gasteiger partial charge is 0.497 e. The molecule has 1 aromatic rings. The van der Waals surface area contributed by atoms with Crippen molar-refractivity contribution in [1.29, 1.82) is 0 Å². The van der Waals surface area contributed by atoms with Gasteiger partial charge in [0.2, 0.25) is 5.91 Å². The van der Waals surface area contributed by atoms with E-state index in [0.717, 1.165) is 23.6 Å². The highest BCUT2D eigenvalue weighted by molar-refractivity contribution is 5.75. The quantitative estimate of drug-likeness (QED) is 0.465. The molecule has 0 saturated heterocycles. The van der Waals surface area contributed by atoms with Gasteiger partial charge in [-0.3, -0.25) is 9.80 Å². The molecular formula is C12H18N2O2. The molecule has 0 aliphatic rings. The maximum atomic E-state index is 11.2. The summed E-state index contributed by atoms with van der Waals surface area (Å²) in [6.07, 6.45) is 2.18. The fourth-order valence-corrected chi connectivity index (χ4v) is 1.41. The van der Waals surface area contributed by atoms with Gasteiger partial charge in [-0.15, -0.1) is 0 Å². The predicted octanol–water partition coefficient (Wildman–Crippen LogP) is 1.35. The Morgan fingerprint density at radius 2 is 2.00 bits per heavy atom. The highest BCUT2D eigenvalue weighted by atomic mass is 16.5. The first-order valence-corrected chi connectivity index (χ1v) is 5.27. The van der Waals surface area contributed by atoms with Crippen molar-refractivity contribution in [3.05, 3.63) is 29.8 Å². The van der Waals surface area contributed by atoms with E-state index in [1.54, 1.807) is 14.2 Å². The monoisotopic (exact) mass is 222 g/mol. The molecule has 16 heavy (non-hydrogen) atoms. The molecule has 2 N–H and O–H groups in total. The van der Waals surface area contributed by atoms with Gasteiger partial charge in [-0.2, -0.15) is 0 Å². The summed E-state index contributed by atoms with van der Waals surface area (Å²) < 4.78 is 5.07. The molecule has 1 rings (SSSR count). The second-order valence-electron chi connectivity index (χ2n) is 3.71. The molecule has 0 fully saturated rings. The second kappa shape index (κ2) is 6.12. The number of hydrazine groups is 1. The Hall–Kier alpha value is -1.55. The number of ether oxygens (including phenoxy) is 1. The van der Waals surface area contributed by atoms with E-state index in [1.165, 1.54) is 5.56 Å². The van der Waals surface area contributed by atoms with Crippen LogP contribution in [0.5, 0.6) is 5.75 Å². The van der Waals surface area contributed by atoms with Crippen molar-refractivity contribution in [2.45, 2.75) is 19.3 Å². The third-order valence-corrected chi connectivity index (χ3v) is 2.41. The van der Waals surface area contributed by atoms with Crippen LogP contribution in [0.15, 0.2) is 24.3 Å². The number of carbonyl (C=O) groups is 1. The lowest BCUT2D eigenvalue weighted by Gasteiger charge is -2.09. The molecule has 0 bridgehead atoms. The van der Waals surface area contributed by atoms with Crippen molar-refractivity contribution < 1.29 is 9.53 Å². The van der Waals surface area contributed by atoms with E-state index in [-0.39, 0.29) is 5.91 Å². The number of nitrogens with two attached hydrogens (primary N) is 1. The standard InChI is InChI=1S/C12H18N2O2/c1-14(13)12(15)5-3-4-10-6-8-11(16-2)9-7-10/h6-9H,3-5,13H2,1-2H3. The normalized spacial score (nSPS) is 9.94. The molecule has 1 aromatic carbocycles. The van der Waals surface area contributed by atoms with Crippen molar-refractivity contribution >= 4 is 5.91 Å². The van der Waals surface area contributed by atoms with Gasteiger partial charge in [-0.05, 0) is 30.5 Å². The fourth-order valence-electron chi connectivity index (χ4n) is 1.41. The van der Waals surface area contributed by atoms with E-state index in [9.17, 15) is 4.79 Å². The van der Waals surface area contributed by atoms with Gasteiger partial charge >= 0.3 is 0 Å². The summed E-state index contributed by atoms with van der Waals surface area (Å²) in [4.78, 5) is 11.2. The van der Waals surface area contributed by atoms with Crippen molar-refractivity contribution in [2.75, 3.05) is 14.2 Å². The van der Waals surface area contributed by atoms with Crippen LogP contribution in [0.2, 0.25) is 0 Å². The molecule has 0 radical (unpaired) electrons. The first-order valence-electron chi connectivity index (χ1n) is 5.27. The van der Waals surface area contributed by atoms with E-state index in [2.05, 4.69) is 0 Å². The summed E-state index contributed by atoms with van der Waals surface area (Å²) in [5.74, 6) is 6.14. The number of rotatable bonds is 5. The molecule has 0 atom stereocenters. The molecule has 0 spiro atoms. The lowest BCUT2D eigenvalue weighted by atomic mass is 10.1. The lowest BCUT2D eigenvalue weighted by Crippen LogP contribution is -2.32. The van der Waals surface area contributed by atoms with Gasteiger partial charge in [0, 0.05) is 13.5 Å². The summed E-state index contributed by atoms with van der Waals surface area (Å²) in [5, 5.41) is 1.13. The minimum atomic E-state index is -0.0338. The number of hydrogen-bond acceptors (Lipinski definition) is 3. The Kier molecular flexibility index (Phi) is 4.79. The Morgan fingerprint density at radius 1 is 1.38 bits per heavy atom. The van der Waals surface area contributed by atoms with Crippen LogP contribution in [0, 0.1) is 0 Å². The molecular weight excluding hydrogens is 204 g/mol. The van der Waals surface area contributed by atoms with Crippen molar-refractivity contribution in [2.24, 2.45) is 5.84 Å². The van der Waals surface area contributed by atoms with E-state index in [4.69, 9.17) is 10.6 Å². The van der Waals surface area contributed by atoms with Gasteiger partial charge in [0.15, 0.2) is 0 Å². The topological polar surface area (TPSA) is 55.6 Å². The molecule has 1 amide bonds. The van der Waals surface area contributed by atoms with Crippen LogP contribution in [0.3, 0.4) is 0 Å². The maximum absolute atomic E-state index is 11.2. The number of amides is 1. The molecule has 0 aliphatic carbocycles. The number of methoxy groups -OCH3 is 1. The summed E-state index contributed by atoms with van der Waals surface area (Å²) >= 11 is 0. The highest BCUT2D eigenvalue weighted by Crippen LogP contribution is 2.13. The van der Waals surface area contributed by atoms with Crippen LogP contribution in [-0.2, 0) is 11.2 Å². The van der Waals surface area contributed by atoms with Crippen molar-refractivity contribution in [3.8, 4) is 5.75 Å². The molecule has 0 aliphatic heterocycles.